The molecule has 0 radical (unpaired) electrons. The summed E-state index contributed by atoms with van der Waals surface area (Å²) >= 11 is 0. The van der Waals surface area contributed by atoms with Crippen LogP contribution in [0.15, 0.2) is 72.0 Å². The molecule has 1 heterocycles. The number of alkyl carbamates (subject to hydrolysis) is 1. The van der Waals surface area contributed by atoms with E-state index in [2.05, 4.69) is 26.7 Å². The molecule has 8 nitrogen and oxygen atoms in total. The Bertz CT molecular complexity index is 1450. The summed E-state index contributed by atoms with van der Waals surface area (Å²) in [5, 5.41) is 9.65. The second-order valence-electron chi connectivity index (χ2n) is 7.91. The lowest BCUT2D eigenvalue weighted by Gasteiger charge is -2.16. The van der Waals surface area contributed by atoms with Gasteiger partial charge in [-0.05, 0) is 35.4 Å². The van der Waals surface area contributed by atoms with Crippen LogP contribution in [0.5, 0.6) is 5.75 Å². The van der Waals surface area contributed by atoms with E-state index < -0.39 is 18.0 Å². The number of hydrogen-bond donors (Lipinski definition) is 3. The molecular weight excluding hydrogens is 456 g/mol. The fourth-order valence-electron chi connectivity index (χ4n) is 3.94. The highest BCUT2D eigenvalue weighted by atomic mass is 16.5. The number of nitrogens with zero attached hydrogens (tertiary/aromatic N) is 1. The van der Waals surface area contributed by atoms with Gasteiger partial charge in [0, 0.05) is 29.1 Å². The van der Waals surface area contributed by atoms with Crippen LogP contribution in [0, 0.1) is 12.3 Å². The number of fused-ring (bicyclic) bond motifs is 2. The first-order valence-electron chi connectivity index (χ1n) is 11.5. The minimum Gasteiger partial charge on any atom is -0.480 e. The predicted molar refractivity (Wildman–Crippen MR) is 140 cm³/mol. The van der Waals surface area contributed by atoms with E-state index in [0.29, 0.717) is 11.3 Å². The molecule has 0 saturated heterocycles. The van der Waals surface area contributed by atoms with Gasteiger partial charge in [-0.1, -0.05) is 54.5 Å². The number of amides is 2. The maximum Gasteiger partial charge on any atom is 0.407 e. The summed E-state index contributed by atoms with van der Waals surface area (Å²) in [6.45, 7) is 1.98. The molecule has 1 aromatic heterocycles. The number of hydrazone groups is 1. The van der Waals surface area contributed by atoms with Crippen molar-refractivity contribution >= 4 is 39.9 Å². The van der Waals surface area contributed by atoms with Crippen LogP contribution in [-0.2, 0) is 16.0 Å². The summed E-state index contributed by atoms with van der Waals surface area (Å²) in [6, 6.07) is 18.3. The number of carbonyl (C=O) groups is 2. The van der Waals surface area contributed by atoms with E-state index in [1.807, 2.05) is 66.9 Å². The monoisotopic (exact) mass is 482 g/mol. The van der Waals surface area contributed by atoms with Crippen LogP contribution in [0.2, 0.25) is 0 Å². The zero-order valence-electron chi connectivity index (χ0n) is 19.8. The topological polar surface area (TPSA) is 105 Å². The zero-order chi connectivity index (χ0) is 25.3. The van der Waals surface area contributed by atoms with Gasteiger partial charge in [-0.2, -0.15) is 5.10 Å². The number of terminal acetylenes is 1. The Morgan fingerprint density at radius 2 is 1.89 bits per heavy atom. The van der Waals surface area contributed by atoms with Crippen molar-refractivity contribution < 1.29 is 19.1 Å². The van der Waals surface area contributed by atoms with Gasteiger partial charge < -0.3 is 19.8 Å². The van der Waals surface area contributed by atoms with Gasteiger partial charge in [-0.3, -0.25) is 4.79 Å². The quantitative estimate of drug-likeness (QED) is 0.189. The lowest BCUT2D eigenvalue weighted by molar-refractivity contribution is -0.123. The molecule has 0 aliphatic heterocycles. The number of nitrogens with one attached hydrogen (secondary N) is 3. The predicted octanol–water partition coefficient (Wildman–Crippen LogP) is 4.14. The number of H-pyrrole nitrogens is 1. The smallest absolute Gasteiger partial charge is 0.407 e. The lowest BCUT2D eigenvalue weighted by atomic mass is 10.0. The highest BCUT2D eigenvalue weighted by Crippen LogP contribution is 2.26. The van der Waals surface area contributed by atoms with Crippen LogP contribution in [-0.4, -0.2) is 42.5 Å². The van der Waals surface area contributed by atoms with Gasteiger partial charge in [0.25, 0.3) is 5.91 Å². The van der Waals surface area contributed by atoms with Crippen molar-refractivity contribution in [2.45, 2.75) is 19.4 Å². The van der Waals surface area contributed by atoms with Crippen LogP contribution in [0.4, 0.5) is 4.79 Å². The first-order valence-corrected chi connectivity index (χ1v) is 11.5. The Hall–Kier alpha value is -4.77. The Kier molecular flexibility index (Phi) is 7.83. The molecule has 4 aromatic rings. The molecular formula is C28H26N4O4. The van der Waals surface area contributed by atoms with Crippen molar-refractivity contribution in [3.05, 3.63) is 78.0 Å². The van der Waals surface area contributed by atoms with Crippen LogP contribution in [0.25, 0.3) is 21.7 Å². The van der Waals surface area contributed by atoms with Gasteiger partial charge in [0.1, 0.15) is 18.4 Å². The molecule has 0 saturated carbocycles. The van der Waals surface area contributed by atoms with Gasteiger partial charge in [-0.25, -0.2) is 10.2 Å². The third-order valence-electron chi connectivity index (χ3n) is 5.59. The molecule has 2 amide bonds. The van der Waals surface area contributed by atoms with Gasteiger partial charge >= 0.3 is 6.09 Å². The third kappa shape index (κ3) is 5.65. The van der Waals surface area contributed by atoms with E-state index in [-0.39, 0.29) is 19.6 Å². The van der Waals surface area contributed by atoms with Crippen molar-refractivity contribution in [3.8, 4) is 18.1 Å². The van der Waals surface area contributed by atoms with Crippen LogP contribution in [0.1, 0.15) is 18.1 Å². The van der Waals surface area contributed by atoms with Crippen LogP contribution >= 0.6 is 0 Å². The summed E-state index contributed by atoms with van der Waals surface area (Å²) in [7, 11) is 0. The second kappa shape index (κ2) is 11.6. The summed E-state index contributed by atoms with van der Waals surface area (Å²) in [6.07, 6.45) is 8.25. The number of rotatable bonds is 9. The normalized spacial score (nSPS) is 11.8. The molecule has 0 bridgehead atoms. The van der Waals surface area contributed by atoms with E-state index in [4.69, 9.17) is 15.9 Å². The molecule has 0 aliphatic rings. The molecule has 0 fully saturated rings. The molecule has 182 valence electrons. The fourth-order valence-corrected chi connectivity index (χ4v) is 3.94. The highest BCUT2D eigenvalue weighted by Gasteiger charge is 2.23. The lowest BCUT2D eigenvalue weighted by Crippen LogP contribution is -2.47. The SMILES string of the molecule is C#CCOc1ccc2ccccc2c1/C=N\NC(=O)[C@@H](Cc1c[nH]c2ccccc12)NC(=O)OCC. The second-order valence-corrected chi connectivity index (χ2v) is 7.91. The van der Waals surface area contributed by atoms with E-state index in [0.717, 1.165) is 27.2 Å². The van der Waals surface area contributed by atoms with E-state index >= 15 is 0 Å². The highest BCUT2D eigenvalue weighted by molar-refractivity contribution is 6.02. The number of aromatic amines is 1. The fraction of sp³-hybridized carbons (Fsp3) is 0.179. The van der Waals surface area contributed by atoms with Crippen molar-refractivity contribution in [3.63, 3.8) is 0 Å². The average molecular weight is 483 g/mol. The van der Waals surface area contributed by atoms with Crippen molar-refractivity contribution in [1.82, 2.24) is 15.7 Å². The Morgan fingerprint density at radius 3 is 2.69 bits per heavy atom. The average Bonchev–Trinajstić information content (AvgIpc) is 3.30. The Labute approximate surface area is 208 Å². The van der Waals surface area contributed by atoms with Crippen LogP contribution < -0.4 is 15.5 Å². The minimum atomic E-state index is -0.912. The van der Waals surface area contributed by atoms with Crippen molar-refractivity contribution in [2.75, 3.05) is 13.2 Å². The maximum atomic E-state index is 13.1. The summed E-state index contributed by atoms with van der Waals surface area (Å²) in [5.74, 6) is 2.51. The standard InChI is InChI=1S/C28H26N4O4/c1-3-15-36-26-14-13-19-9-5-6-10-21(19)23(26)18-30-32-27(33)25(31-28(34)35-4-2)16-20-17-29-24-12-8-7-11-22(20)24/h1,5-14,17-18,25,29H,4,15-16H2,2H3,(H,31,34)(H,32,33)/b30-18-/t25-/m1/s1. The molecule has 0 unspecified atom stereocenters. The molecule has 36 heavy (non-hydrogen) atoms. The first kappa shape index (κ1) is 24.4. The molecule has 3 N–H and O–H groups in total. The number of carbonyl (C=O) groups excluding carboxylic acids is 2. The number of para-hydroxylation sites is 1. The maximum absolute atomic E-state index is 13.1. The van der Waals surface area contributed by atoms with E-state index in [9.17, 15) is 9.59 Å². The molecule has 0 aliphatic carbocycles. The molecule has 4 rings (SSSR count). The van der Waals surface area contributed by atoms with Crippen LogP contribution in [0.3, 0.4) is 0 Å². The summed E-state index contributed by atoms with van der Waals surface area (Å²) in [5.41, 5.74) is 5.04. The molecule has 0 spiro atoms. The van der Waals surface area contributed by atoms with E-state index in [1.54, 1.807) is 6.92 Å². The zero-order valence-corrected chi connectivity index (χ0v) is 19.8. The third-order valence-corrected chi connectivity index (χ3v) is 5.59. The van der Waals surface area contributed by atoms with E-state index in [1.165, 1.54) is 6.21 Å². The Morgan fingerprint density at radius 1 is 1.11 bits per heavy atom. The first-order chi connectivity index (χ1) is 17.6. The number of hydrogen-bond acceptors (Lipinski definition) is 5. The molecule has 1 atom stereocenters. The Balaban J connectivity index is 1.56. The number of aromatic nitrogens is 1. The summed E-state index contributed by atoms with van der Waals surface area (Å²) < 4.78 is 10.7. The largest absolute Gasteiger partial charge is 0.480 e. The van der Waals surface area contributed by atoms with Crippen molar-refractivity contribution in [2.24, 2.45) is 5.10 Å². The van der Waals surface area contributed by atoms with Gasteiger partial charge in [0.2, 0.25) is 0 Å². The number of benzene rings is 3. The van der Waals surface area contributed by atoms with Gasteiger partial charge in [-0.15, -0.1) is 6.42 Å². The number of ether oxygens (including phenoxy) is 2. The summed E-state index contributed by atoms with van der Waals surface area (Å²) in [4.78, 5) is 28.4. The molecule has 8 heteroatoms. The van der Waals surface area contributed by atoms with Gasteiger partial charge in [0.05, 0.1) is 12.8 Å². The molecule has 3 aromatic carbocycles. The van der Waals surface area contributed by atoms with Gasteiger partial charge in [0.15, 0.2) is 0 Å². The van der Waals surface area contributed by atoms with Crippen molar-refractivity contribution in [1.29, 1.82) is 0 Å². The minimum absolute atomic E-state index is 0.0989.